The Hall–Kier alpha value is -0.900. The Bertz CT molecular complexity index is 165. The van der Waals surface area contributed by atoms with Crippen LogP contribution in [0.4, 0.5) is 0 Å². The molecule has 0 rings (SSSR count). The number of aliphatic carboxylic acids is 1. The quantitative estimate of drug-likeness (QED) is 0.470. The molecule has 3 nitrogen and oxygen atoms in total. The Morgan fingerprint density at radius 2 is 2.40 bits per heavy atom. The highest BCUT2D eigenvalue weighted by atomic mass is 32.2. The normalized spacial score (nSPS) is 11.0. The summed E-state index contributed by atoms with van der Waals surface area (Å²) in [7, 11) is 0. The lowest BCUT2D eigenvalue weighted by Crippen LogP contribution is -1.98. The van der Waals surface area contributed by atoms with Gasteiger partial charge in [0.2, 0.25) is 0 Å². The first-order chi connectivity index (χ1) is 4.66. The van der Waals surface area contributed by atoms with E-state index in [1.54, 1.807) is 6.08 Å². The Morgan fingerprint density at radius 1 is 1.80 bits per heavy atom. The number of carboxylic acids is 1. The lowest BCUT2D eigenvalue weighted by molar-refractivity contribution is -0.131. The molecule has 0 unspecified atom stereocenters. The van der Waals surface area contributed by atoms with Gasteiger partial charge < -0.3 is 10.8 Å². The van der Waals surface area contributed by atoms with Crippen LogP contribution in [0.5, 0.6) is 0 Å². The van der Waals surface area contributed by atoms with Crippen LogP contribution < -0.4 is 5.73 Å². The van der Waals surface area contributed by atoms with Gasteiger partial charge in [0.15, 0.2) is 0 Å². The third-order valence-corrected chi connectivity index (χ3v) is 1.49. The molecule has 0 aliphatic rings. The molecular weight excluding hydrogens is 150 g/mol. The Kier molecular flexibility index (Phi) is 4.49. The highest BCUT2D eigenvalue weighted by molar-refractivity contribution is 8.03. The summed E-state index contributed by atoms with van der Waals surface area (Å²) in [6.07, 6.45) is 2.63. The largest absolute Gasteiger partial charge is 0.478 e. The molecule has 0 aliphatic carbocycles. The van der Waals surface area contributed by atoms with Crippen LogP contribution in [0.3, 0.4) is 0 Å². The summed E-state index contributed by atoms with van der Waals surface area (Å²) in [4.78, 5) is 9.98. The van der Waals surface area contributed by atoms with Crippen molar-refractivity contribution in [3.05, 3.63) is 23.8 Å². The van der Waals surface area contributed by atoms with Crippen molar-refractivity contribution in [1.29, 1.82) is 0 Å². The molecule has 0 aliphatic heterocycles. The standard InChI is InChI=1S/C6H9NO2S/c1-2-3-10-5(7)4-6(8)9/h2,4H,1,3,7H2,(H,8,9). The van der Waals surface area contributed by atoms with Crippen molar-refractivity contribution in [2.24, 2.45) is 5.73 Å². The van der Waals surface area contributed by atoms with Gasteiger partial charge in [0.25, 0.3) is 0 Å². The van der Waals surface area contributed by atoms with Crippen molar-refractivity contribution in [2.45, 2.75) is 0 Å². The molecule has 0 radical (unpaired) electrons. The first-order valence-corrected chi connectivity index (χ1v) is 3.59. The second-order valence-corrected chi connectivity index (χ2v) is 2.58. The Balaban J connectivity index is 3.70. The molecule has 0 heterocycles. The maximum atomic E-state index is 9.98. The molecule has 0 saturated heterocycles. The van der Waals surface area contributed by atoms with Crippen LogP contribution in [0.15, 0.2) is 23.8 Å². The molecule has 4 heteroatoms. The summed E-state index contributed by atoms with van der Waals surface area (Å²) in [5, 5.41) is 8.49. The van der Waals surface area contributed by atoms with Crippen molar-refractivity contribution in [2.75, 3.05) is 5.75 Å². The van der Waals surface area contributed by atoms with E-state index in [0.29, 0.717) is 10.8 Å². The van der Waals surface area contributed by atoms with Gasteiger partial charge in [0.1, 0.15) is 0 Å². The van der Waals surface area contributed by atoms with Crippen LogP contribution in [-0.2, 0) is 4.79 Å². The zero-order chi connectivity index (χ0) is 7.98. The monoisotopic (exact) mass is 159 g/mol. The van der Waals surface area contributed by atoms with Crippen LogP contribution >= 0.6 is 11.8 Å². The van der Waals surface area contributed by atoms with E-state index < -0.39 is 5.97 Å². The molecule has 56 valence electrons. The van der Waals surface area contributed by atoms with Crippen molar-refractivity contribution in [1.82, 2.24) is 0 Å². The molecule has 0 aromatic rings. The van der Waals surface area contributed by atoms with Gasteiger partial charge in [-0.3, -0.25) is 0 Å². The van der Waals surface area contributed by atoms with E-state index in [1.807, 2.05) is 0 Å². The number of nitrogens with two attached hydrogens (primary N) is 1. The van der Waals surface area contributed by atoms with E-state index in [4.69, 9.17) is 10.8 Å². The fraction of sp³-hybridized carbons (Fsp3) is 0.167. The first-order valence-electron chi connectivity index (χ1n) is 2.60. The van der Waals surface area contributed by atoms with Crippen LogP contribution in [0, 0.1) is 0 Å². The number of carboxylic acid groups (broad SMARTS) is 1. The molecule has 0 aromatic heterocycles. The predicted octanol–water partition coefficient (Wildman–Crippen LogP) is 0.790. The number of rotatable bonds is 4. The summed E-state index contributed by atoms with van der Waals surface area (Å²) in [5.74, 6) is -0.385. The topological polar surface area (TPSA) is 63.3 Å². The minimum Gasteiger partial charge on any atom is -0.478 e. The molecule has 0 saturated carbocycles. The smallest absolute Gasteiger partial charge is 0.330 e. The average Bonchev–Trinajstić information content (AvgIpc) is 1.82. The first kappa shape index (κ1) is 9.10. The number of hydrogen-bond donors (Lipinski definition) is 2. The summed E-state index contributed by atoms with van der Waals surface area (Å²) < 4.78 is 0. The van der Waals surface area contributed by atoms with Crippen LogP contribution in [0.2, 0.25) is 0 Å². The van der Waals surface area contributed by atoms with Gasteiger partial charge in [-0.15, -0.1) is 18.3 Å². The van der Waals surface area contributed by atoms with Crippen LogP contribution in [-0.4, -0.2) is 16.8 Å². The molecule has 10 heavy (non-hydrogen) atoms. The van der Waals surface area contributed by atoms with E-state index in [2.05, 4.69) is 6.58 Å². The molecule has 0 amide bonds. The summed E-state index contributed by atoms with van der Waals surface area (Å²) in [6, 6.07) is 0. The van der Waals surface area contributed by atoms with E-state index in [-0.39, 0.29) is 0 Å². The molecular formula is C6H9NO2S. The minimum absolute atomic E-state index is 0.299. The predicted molar refractivity (Wildman–Crippen MR) is 42.6 cm³/mol. The van der Waals surface area contributed by atoms with Crippen molar-refractivity contribution in [3.63, 3.8) is 0 Å². The Labute approximate surface area is 63.6 Å². The lowest BCUT2D eigenvalue weighted by atomic mass is 10.6. The van der Waals surface area contributed by atoms with Gasteiger partial charge in [0, 0.05) is 5.75 Å². The fourth-order valence-electron chi connectivity index (χ4n) is 0.319. The molecule has 0 spiro atoms. The highest BCUT2D eigenvalue weighted by Crippen LogP contribution is 2.07. The molecule has 0 atom stereocenters. The van der Waals surface area contributed by atoms with Gasteiger partial charge in [-0.1, -0.05) is 6.08 Å². The summed E-state index contributed by atoms with van der Waals surface area (Å²) in [6.45, 7) is 3.46. The van der Waals surface area contributed by atoms with Crippen molar-refractivity contribution >= 4 is 17.7 Å². The van der Waals surface area contributed by atoms with Crippen LogP contribution in [0.25, 0.3) is 0 Å². The van der Waals surface area contributed by atoms with Gasteiger partial charge in [-0.2, -0.15) is 0 Å². The maximum Gasteiger partial charge on any atom is 0.330 e. The van der Waals surface area contributed by atoms with Crippen molar-refractivity contribution < 1.29 is 9.90 Å². The summed E-state index contributed by atoms with van der Waals surface area (Å²) >= 11 is 1.24. The zero-order valence-electron chi connectivity index (χ0n) is 5.41. The van der Waals surface area contributed by atoms with E-state index >= 15 is 0 Å². The molecule has 0 fully saturated rings. The molecule has 3 N–H and O–H groups in total. The second-order valence-electron chi connectivity index (χ2n) is 1.48. The van der Waals surface area contributed by atoms with Gasteiger partial charge in [-0.05, 0) is 0 Å². The Morgan fingerprint density at radius 3 is 2.80 bits per heavy atom. The van der Waals surface area contributed by atoms with Gasteiger partial charge >= 0.3 is 5.97 Å². The maximum absolute atomic E-state index is 9.98. The molecule has 0 bridgehead atoms. The third kappa shape index (κ3) is 5.24. The highest BCUT2D eigenvalue weighted by Gasteiger charge is 1.92. The number of hydrogen-bond acceptors (Lipinski definition) is 3. The summed E-state index contributed by atoms with van der Waals surface area (Å²) in [5.41, 5.74) is 5.26. The van der Waals surface area contributed by atoms with E-state index in [1.165, 1.54) is 11.8 Å². The van der Waals surface area contributed by atoms with E-state index in [0.717, 1.165) is 6.08 Å². The number of carbonyl (C=O) groups is 1. The lowest BCUT2D eigenvalue weighted by Gasteiger charge is -1.93. The van der Waals surface area contributed by atoms with Crippen LogP contribution in [0.1, 0.15) is 0 Å². The SMILES string of the molecule is C=CCSC(N)=CC(=O)O. The molecule has 0 aromatic carbocycles. The van der Waals surface area contributed by atoms with Gasteiger partial charge in [-0.25, -0.2) is 4.79 Å². The third-order valence-electron chi connectivity index (χ3n) is 0.634. The zero-order valence-corrected chi connectivity index (χ0v) is 6.23. The van der Waals surface area contributed by atoms with E-state index in [9.17, 15) is 4.79 Å². The number of thioether (sulfide) groups is 1. The van der Waals surface area contributed by atoms with Gasteiger partial charge in [0.05, 0.1) is 11.1 Å². The van der Waals surface area contributed by atoms with Crippen molar-refractivity contribution in [3.8, 4) is 0 Å². The minimum atomic E-state index is -1.02. The average molecular weight is 159 g/mol. The second kappa shape index (κ2) is 4.93. The fourth-order valence-corrected chi connectivity index (χ4v) is 0.813.